The summed E-state index contributed by atoms with van der Waals surface area (Å²) in [5.41, 5.74) is -0.152. The van der Waals surface area contributed by atoms with Crippen LogP contribution >= 0.6 is 0 Å². The van der Waals surface area contributed by atoms with Crippen molar-refractivity contribution in [1.82, 2.24) is 10.6 Å². The van der Waals surface area contributed by atoms with E-state index in [1.807, 2.05) is 27.7 Å². The van der Waals surface area contributed by atoms with Crippen LogP contribution in [-0.4, -0.2) is 23.5 Å². The van der Waals surface area contributed by atoms with Gasteiger partial charge in [-0.15, -0.1) is 0 Å². The van der Waals surface area contributed by atoms with E-state index in [0.717, 1.165) is 12.8 Å². The van der Waals surface area contributed by atoms with Crippen LogP contribution in [0, 0.1) is 0 Å². The highest BCUT2D eigenvalue weighted by Gasteiger charge is 2.19. The quantitative estimate of drug-likeness (QED) is 0.735. The van der Waals surface area contributed by atoms with Gasteiger partial charge in [0, 0.05) is 11.6 Å². The molecular weight excluding hydrogens is 188 g/mol. The Kier molecular flexibility index (Phi) is 5.88. The molecule has 2 unspecified atom stereocenters. The summed E-state index contributed by atoms with van der Waals surface area (Å²) in [6.45, 7) is 12.2. The van der Waals surface area contributed by atoms with Crippen molar-refractivity contribution in [3.63, 3.8) is 0 Å². The van der Waals surface area contributed by atoms with Crippen LogP contribution in [0.4, 0.5) is 0 Å². The molecule has 2 atom stereocenters. The zero-order valence-corrected chi connectivity index (χ0v) is 11.0. The Balaban J connectivity index is 3.99. The highest BCUT2D eigenvalue weighted by molar-refractivity contribution is 5.81. The second kappa shape index (κ2) is 6.11. The zero-order valence-electron chi connectivity index (χ0n) is 11.0. The average molecular weight is 214 g/mol. The predicted molar refractivity (Wildman–Crippen MR) is 64.9 cm³/mol. The molecule has 0 fully saturated rings. The summed E-state index contributed by atoms with van der Waals surface area (Å²) in [6, 6.07) is 0.279. The molecular formula is C12H26N2O. The van der Waals surface area contributed by atoms with Gasteiger partial charge in [0.2, 0.25) is 5.91 Å². The molecule has 15 heavy (non-hydrogen) atoms. The van der Waals surface area contributed by atoms with Crippen LogP contribution in [0.3, 0.4) is 0 Å². The molecule has 0 aliphatic rings. The van der Waals surface area contributed by atoms with Gasteiger partial charge in [-0.2, -0.15) is 0 Å². The summed E-state index contributed by atoms with van der Waals surface area (Å²) < 4.78 is 0. The monoisotopic (exact) mass is 214 g/mol. The molecule has 0 radical (unpaired) electrons. The predicted octanol–water partition coefficient (Wildman–Crippen LogP) is 2.07. The van der Waals surface area contributed by atoms with Gasteiger partial charge in [0.05, 0.1) is 6.04 Å². The van der Waals surface area contributed by atoms with Gasteiger partial charge in [-0.1, -0.05) is 13.3 Å². The van der Waals surface area contributed by atoms with Crippen LogP contribution in [0.25, 0.3) is 0 Å². The Morgan fingerprint density at radius 3 is 2.20 bits per heavy atom. The van der Waals surface area contributed by atoms with E-state index in [1.165, 1.54) is 0 Å². The lowest BCUT2D eigenvalue weighted by Gasteiger charge is -2.25. The molecule has 3 heteroatoms. The van der Waals surface area contributed by atoms with Gasteiger partial charge in [0.15, 0.2) is 0 Å². The molecule has 0 aliphatic heterocycles. The zero-order chi connectivity index (χ0) is 12.1. The lowest BCUT2D eigenvalue weighted by molar-refractivity contribution is -0.124. The highest BCUT2D eigenvalue weighted by atomic mass is 16.2. The molecule has 0 heterocycles. The molecule has 0 bridgehead atoms. The van der Waals surface area contributed by atoms with Gasteiger partial charge in [-0.05, 0) is 41.0 Å². The Labute approximate surface area is 94.0 Å². The van der Waals surface area contributed by atoms with E-state index < -0.39 is 0 Å². The Morgan fingerprint density at radius 1 is 1.27 bits per heavy atom. The number of carbonyl (C=O) groups excluding carboxylic acids is 1. The molecule has 0 spiro atoms. The van der Waals surface area contributed by atoms with Gasteiger partial charge >= 0.3 is 0 Å². The van der Waals surface area contributed by atoms with Crippen molar-refractivity contribution in [1.29, 1.82) is 0 Å². The minimum atomic E-state index is -0.152. The largest absolute Gasteiger partial charge is 0.350 e. The summed E-state index contributed by atoms with van der Waals surface area (Å²) >= 11 is 0. The number of rotatable bonds is 5. The van der Waals surface area contributed by atoms with Crippen molar-refractivity contribution in [2.45, 2.75) is 72.0 Å². The SMILES string of the molecule is CCCC(C)NC(C)C(=O)NC(C)(C)C. The van der Waals surface area contributed by atoms with Crippen molar-refractivity contribution in [3.05, 3.63) is 0 Å². The first kappa shape index (κ1) is 14.4. The van der Waals surface area contributed by atoms with E-state index in [1.54, 1.807) is 0 Å². The van der Waals surface area contributed by atoms with E-state index in [9.17, 15) is 4.79 Å². The lowest BCUT2D eigenvalue weighted by Crippen LogP contribution is -2.51. The van der Waals surface area contributed by atoms with Crippen molar-refractivity contribution < 1.29 is 4.79 Å². The maximum atomic E-state index is 11.7. The third-order valence-corrected chi connectivity index (χ3v) is 2.15. The Hall–Kier alpha value is -0.570. The lowest BCUT2D eigenvalue weighted by atomic mass is 10.1. The number of carbonyl (C=O) groups is 1. The van der Waals surface area contributed by atoms with Crippen molar-refractivity contribution >= 4 is 5.91 Å². The van der Waals surface area contributed by atoms with E-state index >= 15 is 0 Å². The molecule has 90 valence electrons. The molecule has 1 amide bonds. The molecule has 3 nitrogen and oxygen atoms in total. The fourth-order valence-corrected chi connectivity index (χ4v) is 1.50. The maximum absolute atomic E-state index is 11.7. The van der Waals surface area contributed by atoms with Gasteiger partial charge in [-0.3, -0.25) is 4.79 Å². The molecule has 2 N–H and O–H groups in total. The topological polar surface area (TPSA) is 41.1 Å². The smallest absolute Gasteiger partial charge is 0.237 e. The van der Waals surface area contributed by atoms with Crippen molar-refractivity contribution in [2.24, 2.45) is 0 Å². The van der Waals surface area contributed by atoms with Gasteiger partial charge in [0.25, 0.3) is 0 Å². The first-order chi connectivity index (χ1) is 6.76. The van der Waals surface area contributed by atoms with Gasteiger partial charge in [-0.25, -0.2) is 0 Å². The number of hydrogen-bond acceptors (Lipinski definition) is 2. The van der Waals surface area contributed by atoms with E-state index in [-0.39, 0.29) is 17.5 Å². The van der Waals surface area contributed by atoms with E-state index in [0.29, 0.717) is 6.04 Å². The molecule has 0 aromatic carbocycles. The second-order valence-electron chi connectivity index (χ2n) is 5.32. The molecule has 0 saturated heterocycles. The minimum Gasteiger partial charge on any atom is -0.350 e. The maximum Gasteiger partial charge on any atom is 0.237 e. The molecule has 0 saturated carbocycles. The minimum absolute atomic E-state index is 0.0745. The summed E-state index contributed by atoms with van der Waals surface area (Å²) in [5.74, 6) is 0.0745. The number of nitrogens with one attached hydrogen (secondary N) is 2. The molecule has 0 aromatic rings. The number of hydrogen-bond donors (Lipinski definition) is 2. The van der Waals surface area contributed by atoms with Gasteiger partial charge in [0.1, 0.15) is 0 Å². The van der Waals surface area contributed by atoms with Crippen LogP contribution in [0.2, 0.25) is 0 Å². The Morgan fingerprint density at radius 2 is 1.80 bits per heavy atom. The first-order valence-electron chi connectivity index (χ1n) is 5.84. The summed E-state index contributed by atoms with van der Waals surface area (Å²) in [5, 5.41) is 6.26. The highest BCUT2D eigenvalue weighted by Crippen LogP contribution is 2.01. The second-order valence-corrected chi connectivity index (χ2v) is 5.32. The summed E-state index contributed by atoms with van der Waals surface area (Å²) in [4.78, 5) is 11.7. The van der Waals surface area contributed by atoms with E-state index in [4.69, 9.17) is 0 Å². The fraction of sp³-hybridized carbons (Fsp3) is 0.917. The summed E-state index contributed by atoms with van der Waals surface area (Å²) in [6.07, 6.45) is 2.24. The van der Waals surface area contributed by atoms with Crippen LogP contribution in [0.1, 0.15) is 54.4 Å². The normalized spacial score (nSPS) is 15.9. The molecule has 0 rings (SSSR count). The first-order valence-corrected chi connectivity index (χ1v) is 5.84. The molecule has 0 aliphatic carbocycles. The summed E-state index contributed by atoms with van der Waals surface area (Å²) in [7, 11) is 0. The van der Waals surface area contributed by atoms with Crippen LogP contribution in [-0.2, 0) is 4.79 Å². The van der Waals surface area contributed by atoms with Crippen LogP contribution in [0.15, 0.2) is 0 Å². The number of amides is 1. The third-order valence-electron chi connectivity index (χ3n) is 2.15. The van der Waals surface area contributed by atoms with Gasteiger partial charge < -0.3 is 10.6 Å². The van der Waals surface area contributed by atoms with Crippen molar-refractivity contribution in [2.75, 3.05) is 0 Å². The fourth-order valence-electron chi connectivity index (χ4n) is 1.50. The van der Waals surface area contributed by atoms with E-state index in [2.05, 4.69) is 24.5 Å². The third kappa shape index (κ3) is 7.37. The average Bonchev–Trinajstić information content (AvgIpc) is 2.00. The van der Waals surface area contributed by atoms with Crippen molar-refractivity contribution in [3.8, 4) is 0 Å². The standard InChI is InChI=1S/C12H26N2O/c1-7-8-9(2)13-10(3)11(15)14-12(4,5)6/h9-10,13H,7-8H2,1-6H3,(H,14,15). The Bertz CT molecular complexity index is 196. The molecule has 0 aromatic heterocycles. The van der Waals surface area contributed by atoms with Crippen LogP contribution < -0.4 is 10.6 Å². The van der Waals surface area contributed by atoms with Crippen LogP contribution in [0.5, 0.6) is 0 Å².